The lowest BCUT2D eigenvalue weighted by molar-refractivity contribution is 0.773. The lowest BCUT2D eigenvalue weighted by Crippen LogP contribution is -2.08. The molecule has 2 nitrogen and oxygen atoms in total. The molecule has 0 spiro atoms. The molecule has 0 aromatic heterocycles. The van der Waals surface area contributed by atoms with Gasteiger partial charge in [0, 0.05) is 24.9 Å². The van der Waals surface area contributed by atoms with E-state index >= 15 is 0 Å². The lowest BCUT2D eigenvalue weighted by atomic mass is 10.2. The van der Waals surface area contributed by atoms with Gasteiger partial charge in [-0.1, -0.05) is 6.08 Å². The fourth-order valence-corrected chi connectivity index (χ4v) is 0.979. The van der Waals surface area contributed by atoms with Gasteiger partial charge < -0.3 is 5.32 Å². The van der Waals surface area contributed by atoms with Gasteiger partial charge in [0.1, 0.15) is 0 Å². The Labute approximate surface area is 62.0 Å². The molecule has 1 aliphatic rings. The van der Waals surface area contributed by atoms with Crippen molar-refractivity contribution in [2.75, 3.05) is 13.6 Å². The third-order valence-electron chi connectivity index (χ3n) is 1.56. The van der Waals surface area contributed by atoms with Crippen LogP contribution in [0.1, 0.15) is 19.3 Å². The summed E-state index contributed by atoms with van der Waals surface area (Å²) >= 11 is 0. The number of nitrogens with zero attached hydrogens (tertiary/aromatic N) is 1. The quantitative estimate of drug-likeness (QED) is 0.625. The van der Waals surface area contributed by atoms with Crippen molar-refractivity contribution >= 4 is 6.21 Å². The number of rotatable bonds is 3. The zero-order chi connectivity index (χ0) is 7.23. The molecule has 0 aromatic carbocycles. The summed E-state index contributed by atoms with van der Waals surface area (Å²) < 4.78 is 0. The topological polar surface area (TPSA) is 24.4 Å². The SMILES string of the molecule is CNCCC1=CCCC=N1. The van der Waals surface area contributed by atoms with Crippen LogP contribution in [0.4, 0.5) is 0 Å². The van der Waals surface area contributed by atoms with E-state index in [2.05, 4.69) is 16.4 Å². The van der Waals surface area contributed by atoms with Crippen LogP contribution in [0.2, 0.25) is 0 Å². The molecule has 0 radical (unpaired) electrons. The van der Waals surface area contributed by atoms with Crippen LogP contribution in [0.25, 0.3) is 0 Å². The van der Waals surface area contributed by atoms with Gasteiger partial charge in [-0.15, -0.1) is 0 Å². The van der Waals surface area contributed by atoms with Gasteiger partial charge >= 0.3 is 0 Å². The van der Waals surface area contributed by atoms with Crippen molar-refractivity contribution in [3.8, 4) is 0 Å². The molecular formula is C8H14N2. The van der Waals surface area contributed by atoms with Gasteiger partial charge in [0.05, 0.1) is 0 Å². The molecule has 0 bridgehead atoms. The van der Waals surface area contributed by atoms with Crippen LogP contribution in [-0.2, 0) is 0 Å². The summed E-state index contributed by atoms with van der Waals surface area (Å²) in [4.78, 5) is 4.26. The highest BCUT2D eigenvalue weighted by atomic mass is 14.8. The maximum atomic E-state index is 4.26. The zero-order valence-electron chi connectivity index (χ0n) is 6.43. The van der Waals surface area contributed by atoms with Gasteiger partial charge in [-0.05, 0) is 19.9 Å². The third kappa shape index (κ3) is 2.31. The molecule has 10 heavy (non-hydrogen) atoms. The van der Waals surface area contributed by atoms with Gasteiger partial charge in [0.15, 0.2) is 0 Å². The molecule has 0 saturated carbocycles. The average Bonchev–Trinajstić information content (AvgIpc) is 2.03. The monoisotopic (exact) mass is 138 g/mol. The van der Waals surface area contributed by atoms with Crippen LogP contribution in [0, 0.1) is 0 Å². The fraction of sp³-hybridized carbons (Fsp3) is 0.625. The highest BCUT2D eigenvalue weighted by molar-refractivity contribution is 5.60. The molecule has 0 aromatic rings. The van der Waals surface area contributed by atoms with E-state index in [1.807, 2.05) is 13.3 Å². The Balaban J connectivity index is 2.26. The molecule has 0 amide bonds. The number of aliphatic imine (C=N–C) groups is 1. The van der Waals surface area contributed by atoms with Crippen LogP contribution in [-0.4, -0.2) is 19.8 Å². The van der Waals surface area contributed by atoms with Crippen molar-refractivity contribution in [3.05, 3.63) is 11.8 Å². The van der Waals surface area contributed by atoms with Crippen molar-refractivity contribution in [3.63, 3.8) is 0 Å². The Morgan fingerprint density at radius 1 is 1.60 bits per heavy atom. The largest absolute Gasteiger partial charge is 0.319 e. The minimum absolute atomic E-state index is 1.03. The van der Waals surface area contributed by atoms with Crippen molar-refractivity contribution < 1.29 is 0 Å². The number of hydrogen-bond acceptors (Lipinski definition) is 2. The van der Waals surface area contributed by atoms with Gasteiger partial charge in [-0.2, -0.15) is 0 Å². The molecule has 1 heterocycles. The van der Waals surface area contributed by atoms with E-state index in [-0.39, 0.29) is 0 Å². The molecule has 0 saturated heterocycles. The van der Waals surface area contributed by atoms with Crippen LogP contribution in [0.15, 0.2) is 16.8 Å². The van der Waals surface area contributed by atoms with Gasteiger partial charge in [0.25, 0.3) is 0 Å². The number of allylic oxidation sites excluding steroid dienone is 1. The molecular weight excluding hydrogens is 124 g/mol. The Kier molecular flexibility index (Phi) is 3.16. The highest BCUT2D eigenvalue weighted by Gasteiger charge is 1.96. The van der Waals surface area contributed by atoms with Gasteiger partial charge in [-0.3, -0.25) is 4.99 Å². The van der Waals surface area contributed by atoms with E-state index in [1.54, 1.807) is 0 Å². The molecule has 0 aliphatic carbocycles. The Morgan fingerprint density at radius 3 is 3.10 bits per heavy atom. The summed E-state index contributed by atoms with van der Waals surface area (Å²) in [5, 5.41) is 3.10. The van der Waals surface area contributed by atoms with E-state index in [1.165, 1.54) is 12.1 Å². The highest BCUT2D eigenvalue weighted by Crippen LogP contribution is 2.08. The molecule has 1 aliphatic heterocycles. The first-order chi connectivity index (χ1) is 4.93. The van der Waals surface area contributed by atoms with E-state index in [9.17, 15) is 0 Å². The average molecular weight is 138 g/mol. The number of hydrogen-bond donors (Lipinski definition) is 1. The number of nitrogens with one attached hydrogen (secondary N) is 1. The summed E-state index contributed by atoms with van der Waals surface area (Å²) in [5.74, 6) is 0. The predicted molar refractivity (Wildman–Crippen MR) is 44.4 cm³/mol. The van der Waals surface area contributed by atoms with Crippen molar-refractivity contribution in [1.82, 2.24) is 5.32 Å². The van der Waals surface area contributed by atoms with E-state index < -0.39 is 0 Å². The minimum atomic E-state index is 1.03. The smallest absolute Gasteiger partial charge is 0.0372 e. The molecule has 2 heteroatoms. The van der Waals surface area contributed by atoms with Crippen LogP contribution < -0.4 is 5.32 Å². The minimum Gasteiger partial charge on any atom is -0.319 e. The molecule has 1 rings (SSSR count). The molecule has 1 N–H and O–H groups in total. The van der Waals surface area contributed by atoms with Crippen LogP contribution in [0.3, 0.4) is 0 Å². The van der Waals surface area contributed by atoms with E-state index in [0.717, 1.165) is 19.4 Å². The summed E-state index contributed by atoms with van der Waals surface area (Å²) in [6, 6.07) is 0. The zero-order valence-corrected chi connectivity index (χ0v) is 6.43. The second kappa shape index (κ2) is 4.23. The standard InChI is InChI=1S/C8H14N2/c1-9-7-5-8-4-2-3-6-10-8/h4,6,9H,2-3,5,7H2,1H3. The molecule has 0 atom stereocenters. The van der Waals surface area contributed by atoms with Crippen molar-refractivity contribution in [2.45, 2.75) is 19.3 Å². The fourth-order valence-electron chi connectivity index (χ4n) is 0.979. The van der Waals surface area contributed by atoms with E-state index in [4.69, 9.17) is 0 Å². The second-order valence-corrected chi connectivity index (χ2v) is 2.44. The van der Waals surface area contributed by atoms with Crippen LogP contribution >= 0.6 is 0 Å². The summed E-state index contributed by atoms with van der Waals surface area (Å²) in [5.41, 5.74) is 1.24. The van der Waals surface area contributed by atoms with Crippen LogP contribution in [0.5, 0.6) is 0 Å². The lowest BCUT2D eigenvalue weighted by Gasteiger charge is -2.04. The first-order valence-electron chi connectivity index (χ1n) is 3.79. The van der Waals surface area contributed by atoms with Crippen molar-refractivity contribution in [1.29, 1.82) is 0 Å². The van der Waals surface area contributed by atoms with Gasteiger partial charge in [0.2, 0.25) is 0 Å². The normalized spacial score (nSPS) is 17.1. The first-order valence-corrected chi connectivity index (χ1v) is 3.79. The summed E-state index contributed by atoms with van der Waals surface area (Å²) in [6.45, 7) is 1.03. The first kappa shape index (κ1) is 7.48. The van der Waals surface area contributed by atoms with Crippen molar-refractivity contribution in [2.24, 2.45) is 4.99 Å². The molecule has 0 fully saturated rings. The van der Waals surface area contributed by atoms with Gasteiger partial charge in [-0.25, -0.2) is 0 Å². The molecule has 0 unspecified atom stereocenters. The molecule has 56 valence electrons. The summed E-state index contributed by atoms with van der Waals surface area (Å²) in [6.07, 6.45) is 7.57. The van der Waals surface area contributed by atoms with E-state index in [0.29, 0.717) is 0 Å². The Bertz CT molecular complexity index is 147. The maximum Gasteiger partial charge on any atom is 0.0372 e. The predicted octanol–water partition coefficient (Wildman–Crippen LogP) is 1.34. The third-order valence-corrected chi connectivity index (χ3v) is 1.56. The Hall–Kier alpha value is -0.630. The Morgan fingerprint density at radius 2 is 2.50 bits per heavy atom. The summed E-state index contributed by atoms with van der Waals surface area (Å²) in [7, 11) is 1.97. The second-order valence-electron chi connectivity index (χ2n) is 2.44. The maximum absolute atomic E-state index is 4.26.